The van der Waals surface area contributed by atoms with E-state index in [-0.39, 0.29) is 32.9 Å². The Labute approximate surface area is 181 Å². The predicted molar refractivity (Wildman–Crippen MR) is 110 cm³/mol. The van der Waals surface area contributed by atoms with E-state index in [1.165, 1.54) is 31.3 Å². The van der Waals surface area contributed by atoms with Crippen molar-refractivity contribution in [3.8, 4) is 17.5 Å². The van der Waals surface area contributed by atoms with E-state index in [1.807, 2.05) is 0 Å². The van der Waals surface area contributed by atoms with Crippen LogP contribution in [0, 0.1) is 11.3 Å². The molecule has 0 saturated heterocycles. The van der Waals surface area contributed by atoms with Gasteiger partial charge >= 0.3 is 0 Å². The van der Waals surface area contributed by atoms with Crippen molar-refractivity contribution >= 4 is 20.7 Å². The molecule has 0 N–H and O–H groups in total. The molecule has 1 aliphatic carbocycles. The van der Waals surface area contributed by atoms with Crippen molar-refractivity contribution in [3.05, 3.63) is 52.6 Å². The second-order valence-electron chi connectivity index (χ2n) is 7.55. The number of hydrogen-bond donors (Lipinski definition) is 0. The van der Waals surface area contributed by atoms with Gasteiger partial charge < -0.3 is 0 Å². The fraction of sp³-hybridized carbons (Fsp3) is 0.333. The molecule has 3 heterocycles. The first kappa shape index (κ1) is 22.0. The second kappa shape index (κ2) is 7.70. The predicted octanol–water partition coefficient (Wildman–Crippen LogP) is 3.54. The fourth-order valence-corrected chi connectivity index (χ4v) is 4.61. The largest absolute Gasteiger partial charge is 0.288 e. The molecule has 1 saturated carbocycles. The molecule has 4 rings (SSSR count). The molecule has 0 aliphatic heterocycles. The minimum absolute atomic E-state index is 0.0228. The molecule has 1 aliphatic rings. The minimum Gasteiger partial charge on any atom is -0.270 e. The molecule has 0 amide bonds. The summed E-state index contributed by atoms with van der Waals surface area (Å²) in [6.45, 7) is 1.47. The van der Waals surface area contributed by atoms with E-state index in [1.54, 1.807) is 0 Å². The van der Waals surface area contributed by atoms with Crippen molar-refractivity contribution in [1.82, 2.24) is 14.5 Å². The van der Waals surface area contributed by atoms with E-state index in [2.05, 4.69) is 16.0 Å². The Morgan fingerprint density at radius 2 is 1.91 bits per heavy atom. The summed E-state index contributed by atoms with van der Waals surface area (Å²) in [5.41, 5.74) is -1.23. The number of pyridine rings is 3. The molecular weight excluding hydrogens is 445 g/mol. The lowest BCUT2D eigenvalue weighted by Crippen LogP contribution is -2.26. The molecular formula is C21H17F3N4O3S. The number of nitrogens with zero attached hydrogens (tertiary/aromatic N) is 4. The van der Waals surface area contributed by atoms with Gasteiger partial charge in [-0.05, 0) is 36.6 Å². The van der Waals surface area contributed by atoms with Gasteiger partial charge in [-0.2, -0.15) is 5.26 Å². The monoisotopic (exact) mass is 462 g/mol. The zero-order valence-electron chi connectivity index (χ0n) is 16.8. The maximum atomic E-state index is 14.0. The highest BCUT2D eigenvalue weighted by molar-refractivity contribution is 7.91. The molecule has 11 heteroatoms. The van der Waals surface area contributed by atoms with Gasteiger partial charge in [0.1, 0.15) is 5.69 Å². The number of hydrogen-bond acceptors (Lipinski definition) is 6. The third-order valence-corrected chi connectivity index (χ3v) is 7.34. The van der Waals surface area contributed by atoms with Gasteiger partial charge in [0.25, 0.3) is 12.0 Å². The fourth-order valence-electron chi connectivity index (χ4n) is 3.54. The minimum atomic E-state index is -3.76. The quantitative estimate of drug-likeness (QED) is 0.555. The lowest BCUT2D eigenvalue weighted by Gasteiger charge is -2.15. The van der Waals surface area contributed by atoms with Crippen molar-refractivity contribution in [2.24, 2.45) is 0 Å². The van der Waals surface area contributed by atoms with Gasteiger partial charge in [0.2, 0.25) is 6.30 Å². The highest BCUT2D eigenvalue weighted by Gasteiger charge is 2.46. The molecule has 3 aromatic heterocycles. The zero-order chi connectivity index (χ0) is 23.3. The maximum Gasteiger partial charge on any atom is 0.288 e. The summed E-state index contributed by atoms with van der Waals surface area (Å²) in [5, 5.41) is 9.65. The number of rotatable bonds is 6. The summed E-state index contributed by atoms with van der Waals surface area (Å²) >= 11 is 0. The van der Waals surface area contributed by atoms with E-state index in [0.717, 1.165) is 12.3 Å². The van der Waals surface area contributed by atoms with Gasteiger partial charge in [-0.25, -0.2) is 21.6 Å². The van der Waals surface area contributed by atoms with Crippen molar-refractivity contribution in [2.45, 2.75) is 42.8 Å². The van der Waals surface area contributed by atoms with E-state index >= 15 is 0 Å². The van der Waals surface area contributed by atoms with Crippen LogP contribution in [0.4, 0.5) is 13.2 Å². The van der Waals surface area contributed by atoms with E-state index in [4.69, 9.17) is 0 Å². The molecule has 7 nitrogen and oxygen atoms in total. The average Bonchev–Trinajstić information content (AvgIpc) is 3.59. The summed E-state index contributed by atoms with van der Waals surface area (Å²) < 4.78 is 65.7. The first-order valence-corrected chi connectivity index (χ1v) is 11.4. The summed E-state index contributed by atoms with van der Waals surface area (Å²) in [7, 11) is -3.76. The third kappa shape index (κ3) is 3.54. The topological polar surface area (TPSA) is 106 Å². The SMILES string of the molecule is CCS(=O)(=O)c1cc(C2(C#N)CC2)cnc1-c1cc2ccc(=O)n(C(F)C(F)F)c2cn1. The standard InChI is InChI=1S/C21H17F3N4O3S/c1-2-32(30,31)16-8-13(21(11-25)5-6-21)9-27-18(16)14-7-12-3-4-17(29)28(15(12)10-26-14)20(24)19(22)23/h3-4,7-10,19-20H,2,5-6H2,1H3. The molecule has 0 bridgehead atoms. The normalized spacial score (nSPS) is 16.1. The Balaban J connectivity index is 1.92. The van der Waals surface area contributed by atoms with E-state index < -0.39 is 33.5 Å². The highest BCUT2D eigenvalue weighted by Crippen LogP contribution is 2.48. The Morgan fingerprint density at radius 1 is 1.19 bits per heavy atom. The molecule has 1 unspecified atom stereocenters. The van der Waals surface area contributed by atoms with Crippen LogP contribution in [0.3, 0.4) is 0 Å². The first-order valence-electron chi connectivity index (χ1n) is 9.72. The molecule has 166 valence electrons. The average molecular weight is 462 g/mol. The molecule has 32 heavy (non-hydrogen) atoms. The smallest absolute Gasteiger partial charge is 0.270 e. The maximum absolute atomic E-state index is 14.0. The first-order chi connectivity index (χ1) is 15.1. The van der Waals surface area contributed by atoms with E-state index in [9.17, 15) is 31.6 Å². The lowest BCUT2D eigenvalue weighted by atomic mass is 9.99. The number of nitriles is 1. The van der Waals surface area contributed by atoms with Crippen LogP contribution in [0.25, 0.3) is 22.3 Å². The molecule has 0 radical (unpaired) electrons. The molecule has 0 aromatic carbocycles. The number of alkyl halides is 3. The number of halogens is 3. The van der Waals surface area contributed by atoms with Crippen molar-refractivity contribution in [2.75, 3.05) is 5.75 Å². The summed E-state index contributed by atoms with van der Waals surface area (Å²) in [5.74, 6) is -0.213. The summed E-state index contributed by atoms with van der Waals surface area (Å²) in [4.78, 5) is 20.2. The highest BCUT2D eigenvalue weighted by atomic mass is 32.2. The van der Waals surface area contributed by atoms with Crippen molar-refractivity contribution in [3.63, 3.8) is 0 Å². The Kier molecular flexibility index (Phi) is 5.29. The van der Waals surface area contributed by atoms with Crippen LogP contribution in [0.5, 0.6) is 0 Å². The molecule has 1 atom stereocenters. The molecule has 0 spiro atoms. The van der Waals surface area contributed by atoms with Gasteiger partial charge in [0.05, 0.1) is 39.5 Å². The van der Waals surface area contributed by atoms with Gasteiger partial charge in [-0.3, -0.25) is 19.3 Å². The van der Waals surface area contributed by atoms with Gasteiger partial charge in [0, 0.05) is 17.6 Å². The number of fused-ring (bicyclic) bond motifs is 1. The van der Waals surface area contributed by atoms with Gasteiger partial charge in [-0.15, -0.1) is 0 Å². The second-order valence-corrected chi connectivity index (χ2v) is 9.79. The number of aromatic nitrogens is 3. The van der Waals surface area contributed by atoms with Crippen LogP contribution in [0.15, 0.2) is 46.3 Å². The van der Waals surface area contributed by atoms with Crippen LogP contribution in [-0.4, -0.2) is 35.1 Å². The summed E-state index contributed by atoms with van der Waals surface area (Å²) in [6.07, 6.45) is -2.58. The Bertz CT molecular complexity index is 1430. The molecule has 1 fully saturated rings. The lowest BCUT2D eigenvalue weighted by molar-refractivity contribution is 0.00861. The van der Waals surface area contributed by atoms with Gasteiger partial charge in [-0.1, -0.05) is 6.92 Å². The Morgan fingerprint density at radius 3 is 2.50 bits per heavy atom. The van der Waals surface area contributed by atoms with Crippen LogP contribution in [0.1, 0.15) is 31.6 Å². The van der Waals surface area contributed by atoms with Gasteiger partial charge in [0.15, 0.2) is 9.84 Å². The van der Waals surface area contributed by atoms with Crippen LogP contribution >= 0.6 is 0 Å². The molecule has 3 aromatic rings. The van der Waals surface area contributed by atoms with E-state index in [0.29, 0.717) is 23.0 Å². The third-order valence-electron chi connectivity index (χ3n) is 5.60. The number of sulfone groups is 1. The zero-order valence-corrected chi connectivity index (χ0v) is 17.6. The summed E-state index contributed by atoms with van der Waals surface area (Å²) in [6, 6.07) is 7.25. The van der Waals surface area contributed by atoms with Crippen molar-refractivity contribution < 1.29 is 21.6 Å². The van der Waals surface area contributed by atoms with Crippen LogP contribution in [0.2, 0.25) is 0 Å². The van der Waals surface area contributed by atoms with Crippen LogP contribution < -0.4 is 5.56 Å². The Hall–Kier alpha value is -3.26. The van der Waals surface area contributed by atoms with Crippen molar-refractivity contribution in [1.29, 1.82) is 5.26 Å². The van der Waals surface area contributed by atoms with Crippen LogP contribution in [-0.2, 0) is 15.3 Å².